The van der Waals surface area contributed by atoms with Crippen molar-refractivity contribution in [2.45, 2.75) is 6.92 Å². The van der Waals surface area contributed by atoms with Crippen molar-refractivity contribution in [1.29, 1.82) is 0 Å². The number of H-pyrrole nitrogens is 1. The van der Waals surface area contributed by atoms with Crippen LogP contribution in [-0.2, 0) is 4.74 Å². The second-order valence-corrected chi connectivity index (χ2v) is 5.05. The van der Waals surface area contributed by atoms with Gasteiger partial charge >= 0.3 is 5.97 Å². The second-order valence-electron chi connectivity index (χ2n) is 5.05. The first kappa shape index (κ1) is 15.7. The summed E-state index contributed by atoms with van der Waals surface area (Å²) in [6, 6.07) is 15.6. The van der Waals surface area contributed by atoms with E-state index in [-0.39, 0.29) is 5.69 Å². The molecule has 2 aromatic carbocycles. The quantitative estimate of drug-likeness (QED) is 0.729. The first-order valence-corrected chi connectivity index (χ1v) is 7.55. The molecule has 0 bridgehead atoms. The van der Waals surface area contributed by atoms with E-state index in [1.165, 1.54) is 0 Å². The summed E-state index contributed by atoms with van der Waals surface area (Å²) in [7, 11) is 1.64. The maximum absolute atomic E-state index is 11.9. The van der Waals surface area contributed by atoms with E-state index in [4.69, 9.17) is 9.47 Å². The fourth-order valence-electron chi connectivity index (χ4n) is 2.40. The number of ether oxygens (including phenoxy) is 2. The van der Waals surface area contributed by atoms with Crippen LogP contribution in [-0.4, -0.2) is 35.1 Å². The number of esters is 1. The van der Waals surface area contributed by atoms with Gasteiger partial charge in [-0.2, -0.15) is 10.3 Å². The van der Waals surface area contributed by atoms with Crippen LogP contribution in [0.2, 0.25) is 0 Å². The Kier molecular flexibility index (Phi) is 4.56. The molecule has 1 N–H and O–H groups in total. The van der Waals surface area contributed by atoms with Crippen LogP contribution in [0, 0.1) is 0 Å². The molecule has 0 aliphatic carbocycles. The molecule has 6 heteroatoms. The zero-order chi connectivity index (χ0) is 16.9. The largest absolute Gasteiger partial charge is 0.497 e. The average molecular weight is 323 g/mol. The Hall–Kier alpha value is -3.15. The lowest BCUT2D eigenvalue weighted by molar-refractivity contribution is 0.0520. The van der Waals surface area contributed by atoms with E-state index < -0.39 is 5.97 Å². The molecule has 3 rings (SSSR count). The molecule has 0 unspecified atom stereocenters. The highest BCUT2D eigenvalue weighted by atomic mass is 16.5. The van der Waals surface area contributed by atoms with E-state index >= 15 is 0 Å². The molecular weight excluding hydrogens is 306 g/mol. The molecule has 0 amide bonds. The fourth-order valence-corrected chi connectivity index (χ4v) is 2.40. The number of benzene rings is 2. The summed E-state index contributed by atoms with van der Waals surface area (Å²) in [5.74, 6) is 0.316. The van der Waals surface area contributed by atoms with Crippen LogP contribution in [0.1, 0.15) is 17.4 Å². The van der Waals surface area contributed by atoms with E-state index in [0.717, 1.165) is 22.4 Å². The minimum Gasteiger partial charge on any atom is -0.497 e. The molecule has 6 nitrogen and oxygen atoms in total. The number of aromatic amines is 1. The summed E-state index contributed by atoms with van der Waals surface area (Å²) in [6.45, 7) is 2.04. The molecule has 0 aliphatic heterocycles. The van der Waals surface area contributed by atoms with E-state index in [9.17, 15) is 4.79 Å². The lowest BCUT2D eigenvalue weighted by atomic mass is 10.0. The van der Waals surface area contributed by atoms with Crippen molar-refractivity contribution in [1.82, 2.24) is 15.4 Å². The van der Waals surface area contributed by atoms with Gasteiger partial charge in [-0.1, -0.05) is 36.4 Å². The molecule has 24 heavy (non-hydrogen) atoms. The Morgan fingerprint density at radius 1 is 1.04 bits per heavy atom. The van der Waals surface area contributed by atoms with Gasteiger partial charge in [0.2, 0.25) is 0 Å². The van der Waals surface area contributed by atoms with Crippen LogP contribution in [0.3, 0.4) is 0 Å². The number of nitrogens with one attached hydrogen (secondary N) is 1. The van der Waals surface area contributed by atoms with Crippen molar-refractivity contribution in [3.05, 3.63) is 54.2 Å². The fraction of sp³-hybridized carbons (Fsp3) is 0.167. The van der Waals surface area contributed by atoms with Gasteiger partial charge in [-0.05, 0) is 30.2 Å². The van der Waals surface area contributed by atoms with Crippen LogP contribution in [0.4, 0.5) is 0 Å². The van der Waals surface area contributed by atoms with Gasteiger partial charge in [-0.15, -0.1) is 5.10 Å². The van der Waals surface area contributed by atoms with Crippen LogP contribution >= 0.6 is 0 Å². The number of carbonyl (C=O) groups is 1. The Bertz CT molecular complexity index is 841. The number of nitrogens with zero attached hydrogens (tertiary/aromatic N) is 2. The molecule has 0 radical (unpaired) electrons. The molecule has 122 valence electrons. The highest BCUT2D eigenvalue weighted by molar-refractivity contribution is 5.94. The van der Waals surface area contributed by atoms with Gasteiger partial charge in [-0.25, -0.2) is 4.79 Å². The van der Waals surface area contributed by atoms with Crippen molar-refractivity contribution < 1.29 is 14.3 Å². The lowest BCUT2D eigenvalue weighted by Gasteiger charge is -2.06. The second kappa shape index (κ2) is 6.95. The summed E-state index contributed by atoms with van der Waals surface area (Å²) >= 11 is 0. The zero-order valence-corrected chi connectivity index (χ0v) is 13.4. The predicted molar refractivity (Wildman–Crippen MR) is 89.8 cm³/mol. The zero-order valence-electron chi connectivity index (χ0n) is 13.4. The highest BCUT2D eigenvalue weighted by Gasteiger charge is 2.18. The minimum absolute atomic E-state index is 0.186. The monoisotopic (exact) mass is 323 g/mol. The molecule has 1 heterocycles. The van der Waals surface area contributed by atoms with E-state index in [2.05, 4.69) is 15.4 Å². The Labute approximate surface area is 139 Å². The minimum atomic E-state index is -0.488. The van der Waals surface area contributed by atoms with Crippen molar-refractivity contribution in [3.8, 4) is 28.1 Å². The van der Waals surface area contributed by atoms with E-state index in [1.54, 1.807) is 14.0 Å². The van der Waals surface area contributed by atoms with Gasteiger partial charge in [-0.3, -0.25) is 0 Å². The third-order valence-electron chi connectivity index (χ3n) is 3.58. The van der Waals surface area contributed by atoms with Crippen LogP contribution < -0.4 is 4.74 Å². The van der Waals surface area contributed by atoms with Crippen molar-refractivity contribution in [3.63, 3.8) is 0 Å². The van der Waals surface area contributed by atoms with Crippen molar-refractivity contribution >= 4 is 5.97 Å². The summed E-state index contributed by atoms with van der Waals surface area (Å²) in [6.07, 6.45) is 0. The first-order chi connectivity index (χ1) is 11.7. The predicted octanol–water partition coefficient (Wildman–Crippen LogP) is 3.32. The molecule has 3 aromatic rings. The standard InChI is InChI=1S/C18H17N3O3/c1-3-24-18(22)17-16(19-21-20-17)13-9-7-12(8-10-13)14-5-4-6-15(11-14)23-2/h4-11H,3H2,1-2H3,(H,19,20,21). The number of rotatable bonds is 5. The maximum atomic E-state index is 11.9. The molecule has 0 saturated heterocycles. The van der Waals surface area contributed by atoms with Gasteiger partial charge in [0.25, 0.3) is 0 Å². The number of hydrogen-bond acceptors (Lipinski definition) is 5. The molecule has 0 fully saturated rings. The Morgan fingerprint density at radius 3 is 2.50 bits per heavy atom. The third-order valence-corrected chi connectivity index (χ3v) is 3.58. The molecular formula is C18H17N3O3. The third kappa shape index (κ3) is 3.12. The number of methoxy groups -OCH3 is 1. The normalized spacial score (nSPS) is 10.4. The van der Waals surface area contributed by atoms with Gasteiger partial charge in [0, 0.05) is 5.56 Å². The lowest BCUT2D eigenvalue weighted by Crippen LogP contribution is -2.06. The Balaban J connectivity index is 1.90. The number of carbonyl (C=O) groups excluding carboxylic acids is 1. The maximum Gasteiger partial charge on any atom is 0.361 e. The highest BCUT2D eigenvalue weighted by Crippen LogP contribution is 2.27. The van der Waals surface area contributed by atoms with Crippen LogP contribution in [0.5, 0.6) is 5.75 Å². The van der Waals surface area contributed by atoms with Crippen LogP contribution in [0.25, 0.3) is 22.4 Å². The molecule has 0 spiro atoms. The topological polar surface area (TPSA) is 77.1 Å². The number of aromatic nitrogens is 3. The van der Waals surface area contributed by atoms with E-state index in [0.29, 0.717) is 12.3 Å². The van der Waals surface area contributed by atoms with Gasteiger partial charge in [0.05, 0.1) is 13.7 Å². The SMILES string of the molecule is CCOC(=O)c1n[nH]nc1-c1ccc(-c2cccc(OC)c2)cc1. The first-order valence-electron chi connectivity index (χ1n) is 7.55. The summed E-state index contributed by atoms with van der Waals surface area (Å²) < 4.78 is 10.2. The van der Waals surface area contributed by atoms with Gasteiger partial charge in [0.1, 0.15) is 11.4 Å². The summed E-state index contributed by atoms with van der Waals surface area (Å²) in [4.78, 5) is 11.9. The van der Waals surface area contributed by atoms with Gasteiger partial charge < -0.3 is 9.47 Å². The average Bonchev–Trinajstić information content (AvgIpc) is 3.12. The summed E-state index contributed by atoms with van der Waals surface area (Å²) in [5.41, 5.74) is 3.54. The van der Waals surface area contributed by atoms with Crippen LogP contribution in [0.15, 0.2) is 48.5 Å². The molecule has 0 aliphatic rings. The summed E-state index contributed by atoms with van der Waals surface area (Å²) in [5, 5.41) is 10.4. The molecule has 0 saturated carbocycles. The Morgan fingerprint density at radius 2 is 1.79 bits per heavy atom. The van der Waals surface area contributed by atoms with Crippen molar-refractivity contribution in [2.75, 3.05) is 13.7 Å². The van der Waals surface area contributed by atoms with E-state index in [1.807, 2.05) is 48.5 Å². The van der Waals surface area contributed by atoms with Gasteiger partial charge in [0.15, 0.2) is 5.69 Å². The van der Waals surface area contributed by atoms with Crippen molar-refractivity contribution in [2.24, 2.45) is 0 Å². The smallest absolute Gasteiger partial charge is 0.361 e. The number of hydrogen-bond donors (Lipinski definition) is 1. The molecule has 1 aromatic heterocycles. The molecule has 0 atom stereocenters.